The van der Waals surface area contributed by atoms with E-state index in [1.165, 1.54) is 19.3 Å². The van der Waals surface area contributed by atoms with Crippen LogP contribution in [-0.2, 0) is 0 Å². The second-order valence-electron chi connectivity index (χ2n) is 5.62. The van der Waals surface area contributed by atoms with Gasteiger partial charge in [0, 0.05) is 13.1 Å². The van der Waals surface area contributed by atoms with Gasteiger partial charge in [0.2, 0.25) is 0 Å². The summed E-state index contributed by atoms with van der Waals surface area (Å²) >= 11 is 0. The Kier molecular flexibility index (Phi) is 3.36. The SMILES string of the molecule is CC(C)c1nc2ccccc2nc1N1CCCCC1. The Labute approximate surface area is 114 Å². The molecule has 0 saturated carbocycles. The van der Waals surface area contributed by atoms with Crippen LogP contribution in [0.2, 0.25) is 0 Å². The van der Waals surface area contributed by atoms with Crippen molar-refractivity contribution in [1.29, 1.82) is 0 Å². The van der Waals surface area contributed by atoms with Gasteiger partial charge in [-0.05, 0) is 37.3 Å². The summed E-state index contributed by atoms with van der Waals surface area (Å²) in [5, 5.41) is 0. The molecule has 0 bridgehead atoms. The van der Waals surface area contributed by atoms with Crippen LogP contribution in [0.25, 0.3) is 11.0 Å². The van der Waals surface area contributed by atoms with Gasteiger partial charge in [-0.3, -0.25) is 0 Å². The number of anilines is 1. The van der Waals surface area contributed by atoms with E-state index in [1.54, 1.807) is 0 Å². The maximum absolute atomic E-state index is 4.88. The molecule has 1 aliphatic heterocycles. The van der Waals surface area contributed by atoms with Crippen molar-refractivity contribution in [2.75, 3.05) is 18.0 Å². The highest BCUT2D eigenvalue weighted by atomic mass is 15.2. The number of nitrogens with zero attached hydrogens (tertiary/aromatic N) is 3. The Bertz CT molecular complexity index is 571. The molecule has 0 amide bonds. The largest absolute Gasteiger partial charge is 0.355 e. The normalized spacial score (nSPS) is 16.3. The van der Waals surface area contributed by atoms with Crippen molar-refractivity contribution in [3.05, 3.63) is 30.0 Å². The van der Waals surface area contributed by atoms with Crippen LogP contribution in [0.15, 0.2) is 24.3 Å². The zero-order valence-corrected chi connectivity index (χ0v) is 11.8. The number of hydrogen-bond acceptors (Lipinski definition) is 3. The van der Waals surface area contributed by atoms with E-state index in [4.69, 9.17) is 9.97 Å². The molecule has 1 aromatic heterocycles. The molecule has 0 atom stereocenters. The van der Waals surface area contributed by atoms with E-state index in [-0.39, 0.29) is 0 Å². The van der Waals surface area contributed by atoms with Crippen LogP contribution < -0.4 is 4.90 Å². The minimum Gasteiger partial charge on any atom is -0.355 e. The van der Waals surface area contributed by atoms with Crippen molar-refractivity contribution < 1.29 is 0 Å². The number of para-hydroxylation sites is 2. The first-order chi connectivity index (χ1) is 9.25. The lowest BCUT2D eigenvalue weighted by Crippen LogP contribution is -2.31. The summed E-state index contributed by atoms with van der Waals surface area (Å²) in [7, 11) is 0. The van der Waals surface area contributed by atoms with Gasteiger partial charge in [0.1, 0.15) is 0 Å². The van der Waals surface area contributed by atoms with Gasteiger partial charge >= 0.3 is 0 Å². The van der Waals surface area contributed by atoms with Gasteiger partial charge in [-0.2, -0.15) is 0 Å². The van der Waals surface area contributed by atoms with Crippen LogP contribution >= 0.6 is 0 Å². The van der Waals surface area contributed by atoms with Crippen LogP contribution in [-0.4, -0.2) is 23.1 Å². The number of aromatic nitrogens is 2. The summed E-state index contributed by atoms with van der Waals surface area (Å²) < 4.78 is 0. The van der Waals surface area contributed by atoms with Crippen LogP contribution in [0.1, 0.15) is 44.7 Å². The molecule has 1 fully saturated rings. The topological polar surface area (TPSA) is 29.0 Å². The van der Waals surface area contributed by atoms with E-state index in [2.05, 4.69) is 24.8 Å². The van der Waals surface area contributed by atoms with Crippen LogP contribution in [0.4, 0.5) is 5.82 Å². The van der Waals surface area contributed by atoms with Gasteiger partial charge in [0.05, 0.1) is 16.7 Å². The van der Waals surface area contributed by atoms with Gasteiger partial charge < -0.3 is 4.90 Å². The molecule has 100 valence electrons. The average molecular weight is 255 g/mol. The van der Waals surface area contributed by atoms with Crippen molar-refractivity contribution in [2.45, 2.75) is 39.0 Å². The van der Waals surface area contributed by atoms with Crippen molar-refractivity contribution >= 4 is 16.9 Å². The van der Waals surface area contributed by atoms with E-state index in [0.717, 1.165) is 35.6 Å². The minimum atomic E-state index is 0.411. The van der Waals surface area contributed by atoms with Crippen molar-refractivity contribution in [1.82, 2.24) is 9.97 Å². The second kappa shape index (κ2) is 5.16. The molecule has 2 heterocycles. The number of hydrogen-bond donors (Lipinski definition) is 0. The zero-order chi connectivity index (χ0) is 13.2. The van der Waals surface area contributed by atoms with Gasteiger partial charge in [-0.1, -0.05) is 26.0 Å². The van der Waals surface area contributed by atoms with E-state index >= 15 is 0 Å². The van der Waals surface area contributed by atoms with Gasteiger partial charge in [0.25, 0.3) is 0 Å². The molecule has 0 N–H and O–H groups in total. The van der Waals surface area contributed by atoms with E-state index in [9.17, 15) is 0 Å². The Morgan fingerprint density at radius 1 is 0.947 bits per heavy atom. The summed E-state index contributed by atoms with van der Waals surface area (Å²) in [6, 6.07) is 8.17. The number of fused-ring (bicyclic) bond motifs is 1. The molecule has 0 aliphatic carbocycles. The highest BCUT2D eigenvalue weighted by Crippen LogP contribution is 2.28. The van der Waals surface area contributed by atoms with Crippen molar-refractivity contribution in [2.24, 2.45) is 0 Å². The fourth-order valence-electron chi connectivity index (χ4n) is 2.73. The Balaban J connectivity index is 2.11. The zero-order valence-electron chi connectivity index (χ0n) is 11.8. The molecule has 19 heavy (non-hydrogen) atoms. The highest BCUT2D eigenvalue weighted by molar-refractivity contribution is 5.76. The van der Waals surface area contributed by atoms with Gasteiger partial charge in [0.15, 0.2) is 5.82 Å². The maximum atomic E-state index is 4.88. The predicted molar refractivity (Wildman–Crippen MR) is 79.7 cm³/mol. The third-order valence-electron chi connectivity index (χ3n) is 3.78. The minimum absolute atomic E-state index is 0.411. The standard InChI is InChI=1S/C16H21N3/c1-12(2)15-16(19-10-6-3-7-11-19)18-14-9-5-4-8-13(14)17-15/h4-5,8-9,12H,3,6-7,10-11H2,1-2H3. The summed E-state index contributed by atoms with van der Waals surface area (Å²) in [5.41, 5.74) is 3.15. The van der Waals surface area contributed by atoms with Crippen LogP contribution in [0, 0.1) is 0 Å². The fraction of sp³-hybridized carbons (Fsp3) is 0.500. The fourth-order valence-corrected chi connectivity index (χ4v) is 2.73. The quantitative estimate of drug-likeness (QED) is 0.818. The molecule has 1 aromatic carbocycles. The third-order valence-corrected chi connectivity index (χ3v) is 3.78. The molecule has 0 unspecified atom stereocenters. The summed E-state index contributed by atoms with van der Waals surface area (Å²) in [6.45, 7) is 6.64. The summed E-state index contributed by atoms with van der Waals surface area (Å²) in [6.07, 6.45) is 3.88. The summed E-state index contributed by atoms with van der Waals surface area (Å²) in [4.78, 5) is 12.1. The predicted octanol–water partition coefficient (Wildman–Crippen LogP) is 3.74. The second-order valence-corrected chi connectivity index (χ2v) is 5.62. The van der Waals surface area contributed by atoms with Crippen LogP contribution in [0.5, 0.6) is 0 Å². The van der Waals surface area contributed by atoms with Crippen molar-refractivity contribution in [3.63, 3.8) is 0 Å². The molecule has 0 radical (unpaired) electrons. The first-order valence-electron chi connectivity index (χ1n) is 7.27. The molecular weight excluding hydrogens is 234 g/mol. The molecule has 1 saturated heterocycles. The van der Waals surface area contributed by atoms with Crippen LogP contribution in [0.3, 0.4) is 0 Å². The summed E-state index contributed by atoms with van der Waals surface area (Å²) in [5.74, 6) is 1.52. The Morgan fingerprint density at radius 2 is 1.58 bits per heavy atom. The average Bonchev–Trinajstić information content (AvgIpc) is 2.46. The molecule has 3 heteroatoms. The Hall–Kier alpha value is -1.64. The first kappa shape index (κ1) is 12.4. The van der Waals surface area contributed by atoms with E-state index < -0.39 is 0 Å². The molecule has 1 aliphatic rings. The lowest BCUT2D eigenvalue weighted by atomic mass is 10.1. The van der Waals surface area contributed by atoms with E-state index in [1.807, 2.05) is 18.2 Å². The number of piperidine rings is 1. The van der Waals surface area contributed by atoms with E-state index in [0.29, 0.717) is 5.92 Å². The number of benzene rings is 1. The lowest BCUT2D eigenvalue weighted by Gasteiger charge is -2.30. The monoisotopic (exact) mass is 255 g/mol. The number of rotatable bonds is 2. The van der Waals surface area contributed by atoms with Crippen molar-refractivity contribution in [3.8, 4) is 0 Å². The Morgan fingerprint density at radius 3 is 2.21 bits per heavy atom. The first-order valence-corrected chi connectivity index (χ1v) is 7.27. The molecule has 3 nitrogen and oxygen atoms in total. The smallest absolute Gasteiger partial charge is 0.151 e. The highest BCUT2D eigenvalue weighted by Gasteiger charge is 2.19. The lowest BCUT2D eigenvalue weighted by molar-refractivity contribution is 0.569. The third kappa shape index (κ3) is 2.42. The van der Waals surface area contributed by atoms with Gasteiger partial charge in [-0.25, -0.2) is 9.97 Å². The molecular formula is C16H21N3. The molecule has 3 rings (SSSR count). The molecule has 0 spiro atoms. The molecule has 2 aromatic rings. The van der Waals surface area contributed by atoms with Gasteiger partial charge in [-0.15, -0.1) is 0 Å². The maximum Gasteiger partial charge on any atom is 0.151 e.